The van der Waals surface area contributed by atoms with Gasteiger partial charge in [0.15, 0.2) is 5.84 Å². The molecule has 1 aromatic rings. The highest BCUT2D eigenvalue weighted by Crippen LogP contribution is 2.42. The van der Waals surface area contributed by atoms with Crippen LogP contribution in [-0.4, -0.2) is 20.1 Å². The van der Waals surface area contributed by atoms with Crippen LogP contribution in [0.2, 0.25) is 0 Å². The normalized spacial score (nSPS) is 22.9. The van der Waals surface area contributed by atoms with E-state index in [4.69, 9.17) is 16.3 Å². The summed E-state index contributed by atoms with van der Waals surface area (Å²) < 4.78 is 64.9. The van der Waals surface area contributed by atoms with E-state index in [1.807, 2.05) is 0 Å². The Kier molecular flexibility index (Phi) is 5.25. The second-order valence-electron chi connectivity index (χ2n) is 6.78. The van der Waals surface area contributed by atoms with Crippen LogP contribution in [0, 0.1) is 11.3 Å². The van der Waals surface area contributed by atoms with Gasteiger partial charge in [0.25, 0.3) is 0 Å². The van der Waals surface area contributed by atoms with E-state index in [2.05, 4.69) is 21.6 Å². The van der Waals surface area contributed by atoms with Crippen LogP contribution in [-0.2, 0) is 16.2 Å². The monoisotopic (exact) mass is 419 g/mol. The molecule has 1 aliphatic carbocycles. The summed E-state index contributed by atoms with van der Waals surface area (Å²) in [6.45, 7) is 0. The molecule has 0 amide bonds. The molecule has 9 nitrogen and oxygen atoms in total. The molecule has 0 spiro atoms. The van der Waals surface area contributed by atoms with E-state index in [0.717, 1.165) is 6.07 Å². The first kappa shape index (κ1) is 20.4. The largest absolute Gasteiger partial charge is 0.417 e. The van der Waals surface area contributed by atoms with Crippen LogP contribution in [0.1, 0.15) is 48.3 Å². The van der Waals surface area contributed by atoms with Crippen LogP contribution in [0.25, 0.3) is 0 Å². The van der Waals surface area contributed by atoms with E-state index in [1.165, 1.54) is 6.07 Å². The number of nitrogens with two attached hydrogens (primary N) is 2. The molecule has 154 valence electrons. The summed E-state index contributed by atoms with van der Waals surface area (Å²) in [4.78, 5) is -1.01. The number of nitrogens with one attached hydrogen (secondary N) is 4. The molecule has 1 fully saturated rings. The first-order chi connectivity index (χ1) is 13.0. The number of rotatable bonds is 4. The van der Waals surface area contributed by atoms with Crippen molar-refractivity contribution in [3.8, 4) is 0 Å². The minimum atomic E-state index is -4.92. The lowest BCUT2D eigenvalue weighted by Crippen LogP contribution is -2.37. The highest BCUT2D eigenvalue weighted by atomic mass is 32.2. The number of nitrogens with zero attached hydrogens (tertiary/aromatic N) is 1. The fraction of sp³-hybridized carbons (Fsp3) is 0.467. The zero-order valence-electron chi connectivity index (χ0n) is 14.6. The van der Waals surface area contributed by atoms with Crippen LogP contribution in [0.15, 0.2) is 22.1 Å². The number of hydrogen-bond acceptors (Lipinski definition) is 7. The van der Waals surface area contributed by atoms with Crippen molar-refractivity contribution in [1.29, 1.82) is 5.41 Å². The number of alkyl halides is 3. The summed E-state index contributed by atoms with van der Waals surface area (Å²) in [5.74, 6) is -0.332. The summed E-state index contributed by atoms with van der Waals surface area (Å²) >= 11 is 0. The predicted octanol–water partition coefficient (Wildman–Crippen LogP) is 0.837. The fourth-order valence-corrected chi connectivity index (χ4v) is 4.72. The van der Waals surface area contributed by atoms with Gasteiger partial charge in [0.1, 0.15) is 4.90 Å². The molecule has 1 heterocycles. The number of primary sulfonamides is 1. The standard InChI is InChI=1S/C15H20F3N7O2S/c16-15(17,18)10-6-5-9(7-1-3-8(4-2-7)13(19)20)11(12(10)28(21,26)27)14-22-24-25-23-14/h5-8,24-25H,1-4H2,(H3,19,20)(H,22,23)(H2,21,26,27). The third kappa shape index (κ3) is 3.91. The smallest absolute Gasteiger partial charge is 0.387 e. The predicted molar refractivity (Wildman–Crippen MR) is 95.4 cm³/mol. The Balaban J connectivity index is 2.17. The second kappa shape index (κ2) is 7.22. The Bertz CT molecular complexity index is 922. The number of halogens is 3. The van der Waals surface area contributed by atoms with E-state index in [0.29, 0.717) is 31.2 Å². The quantitative estimate of drug-likeness (QED) is 0.313. The lowest BCUT2D eigenvalue weighted by molar-refractivity contribution is -0.139. The Morgan fingerprint density at radius 2 is 1.86 bits per heavy atom. The molecular weight excluding hydrogens is 399 g/mol. The third-order valence-corrected chi connectivity index (χ3v) is 6.02. The zero-order valence-corrected chi connectivity index (χ0v) is 15.4. The van der Waals surface area contributed by atoms with Crippen LogP contribution >= 0.6 is 0 Å². The molecule has 28 heavy (non-hydrogen) atoms. The average Bonchev–Trinajstić information content (AvgIpc) is 3.13. The average molecular weight is 419 g/mol. The van der Waals surface area contributed by atoms with Gasteiger partial charge in [-0.05, 0) is 43.2 Å². The third-order valence-electron chi connectivity index (χ3n) is 5.03. The number of hydrazone groups is 1. The molecule has 0 saturated heterocycles. The van der Waals surface area contributed by atoms with Crippen LogP contribution in [0.3, 0.4) is 0 Å². The topological polar surface area (TPSA) is 158 Å². The van der Waals surface area contributed by atoms with Gasteiger partial charge < -0.3 is 5.73 Å². The summed E-state index contributed by atoms with van der Waals surface area (Å²) in [6, 6.07) is 2.01. The van der Waals surface area contributed by atoms with Gasteiger partial charge in [0, 0.05) is 11.5 Å². The van der Waals surface area contributed by atoms with Crippen molar-refractivity contribution >= 4 is 21.7 Å². The van der Waals surface area contributed by atoms with Gasteiger partial charge in [-0.15, -0.1) is 10.6 Å². The van der Waals surface area contributed by atoms with Gasteiger partial charge in [0.05, 0.1) is 11.4 Å². The van der Waals surface area contributed by atoms with Crippen molar-refractivity contribution in [3.63, 3.8) is 0 Å². The molecule has 1 aromatic carbocycles. The van der Waals surface area contributed by atoms with Gasteiger partial charge in [-0.1, -0.05) is 6.07 Å². The van der Waals surface area contributed by atoms with E-state index >= 15 is 0 Å². The Hall–Kier alpha value is -2.38. The minimum absolute atomic E-state index is 0.0755. The van der Waals surface area contributed by atoms with Gasteiger partial charge >= 0.3 is 6.18 Å². The first-order valence-corrected chi connectivity index (χ1v) is 9.99. The molecule has 3 rings (SSSR count). The van der Waals surface area contributed by atoms with E-state index in [1.54, 1.807) is 0 Å². The van der Waals surface area contributed by atoms with E-state index in [-0.39, 0.29) is 29.1 Å². The molecule has 1 aliphatic heterocycles. The Morgan fingerprint density at radius 1 is 1.21 bits per heavy atom. The van der Waals surface area contributed by atoms with Crippen molar-refractivity contribution in [2.24, 2.45) is 21.9 Å². The molecule has 1 saturated carbocycles. The molecule has 0 aromatic heterocycles. The second-order valence-corrected chi connectivity index (χ2v) is 8.27. The van der Waals surface area contributed by atoms with Crippen LogP contribution in [0.5, 0.6) is 0 Å². The maximum Gasteiger partial charge on any atom is 0.417 e. The molecule has 0 unspecified atom stereocenters. The zero-order chi connectivity index (χ0) is 20.7. The van der Waals surface area contributed by atoms with E-state index < -0.39 is 26.7 Å². The van der Waals surface area contributed by atoms with E-state index in [9.17, 15) is 21.6 Å². The summed E-state index contributed by atoms with van der Waals surface area (Å²) in [5, 5.41) is 16.6. The molecule has 0 atom stereocenters. The van der Waals surface area contributed by atoms with Crippen molar-refractivity contribution in [2.45, 2.75) is 42.7 Å². The lowest BCUT2D eigenvalue weighted by atomic mass is 9.76. The minimum Gasteiger partial charge on any atom is -0.387 e. The van der Waals surface area contributed by atoms with Gasteiger partial charge in [-0.3, -0.25) is 10.8 Å². The highest BCUT2D eigenvalue weighted by molar-refractivity contribution is 7.89. The SMILES string of the molecule is N=C(N)C1CCC(c2ccc(C(F)(F)F)c(S(N)(=O)=O)c2C2=NNNN2)CC1. The maximum absolute atomic E-state index is 13.5. The molecule has 0 radical (unpaired) electrons. The molecule has 13 heteroatoms. The van der Waals surface area contributed by atoms with Crippen molar-refractivity contribution in [2.75, 3.05) is 0 Å². The molecule has 2 aliphatic rings. The Morgan fingerprint density at radius 3 is 2.32 bits per heavy atom. The number of amidine groups is 2. The number of hydrogen-bond donors (Lipinski definition) is 6. The number of sulfonamides is 1. The number of hydrazine groups is 2. The maximum atomic E-state index is 13.5. The summed E-state index contributed by atoms with van der Waals surface area (Å²) in [5.41, 5.74) is 11.6. The van der Waals surface area contributed by atoms with Gasteiger partial charge in [0.2, 0.25) is 10.0 Å². The van der Waals surface area contributed by atoms with Crippen molar-refractivity contribution in [1.82, 2.24) is 16.5 Å². The van der Waals surface area contributed by atoms with Crippen molar-refractivity contribution < 1.29 is 21.6 Å². The Labute approximate surface area is 159 Å². The fourth-order valence-electron chi connectivity index (χ4n) is 3.73. The van der Waals surface area contributed by atoms with Crippen LogP contribution < -0.4 is 27.4 Å². The van der Waals surface area contributed by atoms with Crippen molar-refractivity contribution in [3.05, 3.63) is 28.8 Å². The lowest BCUT2D eigenvalue weighted by Gasteiger charge is -2.30. The first-order valence-electron chi connectivity index (χ1n) is 8.45. The summed E-state index contributed by atoms with van der Waals surface area (Å²) in [6.07, 6.45) is -2.66. The van der Waals surface area contributed by atoms with Crippen LogP contribution in [0.4, 0.5) is 13.2 Å². The van der Waals surface area contributed by atoms with Gasteiger partial charge in [-0.2, -0.15) is 13.2 Å². The number of benzene rings is 1. The summed E-state index contributed by atoms with van der Waals surface area (Å²) in [7, 11) is -4.72. The molecule has 0 bridgehead atoms. The molecule has 8 N–H and O–H groups in total. The highest BCUT2D eigenvalue weighted by Gasteiger charge is 2.41. The molecular formula is C15H20F3N7O2S. The van der Waals surface area contributed by atoms with Gasteiger partial charge in [-0.25, -0.2) is 19.1 Å².